The first-order chi connectivity index (χ1) is 8.52. The monoisotopic (exact) mass is 270 g/mol. The summed E-state index contributed by atoms with van der Waals surface area (Å²) in [6.45, 7) is 0.383. The second kappa shape index (κ2) is 4.81. The Balaban J connectivity index is 2.39. The lowest BCUT2D eigenvalue weighted by atomic mass is 10.2. The molecular formula is C11H11ClN2O4. The van der Waals surface area contributed by atoms with Crippen molar-refractivity contribution in [2.45, 2.75) is 11.8 Å². The second-order valence-electron chi connectivity index (χ2n) is 3.92. The van der Waals surface area contributed by atoms with E-state index in [-0.39, 0.29) is 23.4 Å². The van der Waals surface area contributed by atoms with Gasteiger partial charge in [0.05, 0.1) is 29.2 Å². The number of carbonyl (C=O) groups is 1. The van der Waals surface area contributed by atoms with Gasteiger partial charge in [0.15, 0.2) is 0 Å². The van der Waals surface area contributed by atoms with Gasteiger partial charge >= 0.3 is 0 Å². The molecule has 1 aliphatic heterocycles. The molecule has 0 bridgehead atoms. The molecule has 1 aliphatic rings. The van der Waals surface area contributed by atoms with Crippen LogP contribution < -0.4 is 9.64 Å². The molecule has 1 amide bonds. The molecule has 0 N–H and O–H groups in total. The van der Waals surface area contributed by atoms with Crippen molar-refractivity contribution < 1.29 is 14.5 Å². The summed E-state index contributed by atoms with van der Waals surface area (Å²) >= 11 is 5.92. The average molecular weight is 271 g/mol. The first-order valence-electron chi connectivity index (χ1n) is 5.29. The van der Waals surface area contributed by atoms with Crippen molar-refractivity contribution in [2.75, 3.05) is 18.6 Å². The van der Waals surface area contributed by atoms with Gasteiger partial charge in [0, 0.05) is 19.0 Å². The normalized spacial score (nSPS) is 19.1. The lowest BCUT2D eigenvalue weighted by Gasteiger charge is -2.18. The lowest BCUT2D eigenvalue weighted by molar-refractivity contribution is -0.384. The Kier molecular flexibility index (Phi) is 3.38. The number of nitro benzene ring substituents is 1. The highest BCUT2D eigenvalue weighted by Gasteiger charge is 2.31. The number of ether oxygens (including phenoxy) is 1. The zero-order chi connectivity index (χ0) is 13.3. The Morgan fingerprint density at radius 1 is 1.56 bits per heavy atom. The zero-order valence-corrected chi connectivity index (χ0v) is 10.4. The van der Waals surface area contributed by atoms with E-state index in [9.17, 15) is 14.9 Å². The molecule has 0 spiro atoms. The number of rotatable bonds is 3. The number of amides is 1. The van der Waals surface area contributed by atoms with Crippen LogP contribution in [0.25, 0.3) is 0 Å². The van der Waals surface area contributed by atoms with E-state index in [0.717, 1.165) is 0 Å². The molecule has 18 heavy (non-hydrogen) atoms. The smallest absolute Gasteiger partial charge is 0.273 e. The number of non-ortho nitro benzene ring substituents is 1. The van der Waals surface area contributed by atoms with E-state index in [1.165, 1.54) is 30.2 Å². The SMILES string of the molecule is COc1cc([N+](=O)[O-])ccc1N1CC(Cl)CC1=O. The summed E-state index contributed by atoms with van der Waals surface area (Å²) in [5, 5.41) is 10.4. The Bertz CT molecular complexity index is 506. The van der Waals surface area contributed by atoms with Crippen molar-refractivity contribution in [1.82, 2.24) is 0 Å². The number of benzene rings is 1. The van der Waals surface area contributed by atoms with Gasteiger partial charge in [-0.3, -0.25) is 14.9 Å². The van der Waals surface area contributed by atoms with Gasteiger partial charge in [-0.25, -0.2) is 0 Å². The van der Waals surface area contributed by atoms with Crippen molar-refractivity contribution >= 4 is 28.9 Å². The van der Waals surface area contributed by atoms with Crippen LogP contribution in [0.5, 0.6) is 5.75 Å². The highest BCUT2D eigenvalue weighted by molar-refractivity contribution is 6.24. The first kappa shape index (κ1) is 12.6. The lowest BCUT2D eigenvalue weighted by Crippen LogP contribution is -2.25. The third kappa shape index (κ3) is 2.24. The summed E-state index contributed by atoms with van der Waals surface area (Å²) in [7, 11) is 1.40. The van der Waals surface area contributed by atoms with Gasteiger partial charge in [-0.15, -0.1) is 11.6 Å². The van der Waals surface area contributed by atoms with Gasteiger partial charge in [-0.2, -0.15) is 0 Å². The fourth-order valence-corrected chi connectivity index (χ4v) is 2.17. The second-order valence-corrected chi connectivity index (χ2v) is 4.54. The molecule has 0 radical (unpaired) electrons. The van der Waals surface area contributed by atoms with Gasteiger partial charge in [-0.05, 0) is 6.07 Å². The van der Waals surface area contributed by atoms with Crippen LogP contribution in [-0.4, -0.2) is 29.9 Å². The summed E-state index contributed by atoms with van der Waals surface area (Å²) < 4.78 is 5.09. The van der Waals surface area contributed by atoms with Crippen LogP contribution in [0.3, 0.4) is 0 Å². The molecule has 1 atom stereocenters. The molecular weight excluding hydrogens is 260 g/mol. The van der Waals surface area contributed by atoms with Crippen LogP contribution in [0.1, 0.15) is 6.42 Å². The minimum atomic E-state index is -0.511. The number of halogens is 1. The predicted molar refractivity (Wildman–Crippen MR) is 66.3 cm³/mol. The molecule has 1 aromatic carbocycles. The number of methoxy groups -OCH3 is 1. The van der Waals surface area contributed by atoms with Crippen LogP contribution in [0.4, 0.5) is 11.4 Å². The van der Waals surface area contributed by atoms with E-state index >= 15 is 0 Å². The molecule has 1 aromatic rings. The van der Waals surface area contributed by atoms with Gasteiger partial charge in [0.25, 0.3) is 5.69 Å². The molecule has 6 nitrogen and oxygen atoms in total. The molecule has 7 heteroatoms. The minimum absolute atomic E-state index is 0.0790. The molecule has 96 valence electrons. The number of carbonyl (C=O) groups excluding carboxylic acids is 1. The zero-order valence-electron chi connectivity index (χ0n) is 9.63. The Morgan fingerprint density at radius 2 is 2.28 bits per heavy atom. The van der Waals surface area contributed by atoms with Gasteiger partial charge in [0.2, 0.25) is 5.91 Å². The third-order valence-corrected chi connectivity index (χ3v) is 3.04. The fraction of sp³-hybridized carbons (Fsp3) is 0.364. The van der Waals surface area contributed by atoms with Crippen molar-refractivity contribution in [3.8, 4) is 5.75 Å². The number of alkyl halides is 1. The van der Waals surface area contributed by atoms with E-state index < -0.39 is 4.92 Å². The molecule has 0 aliphatic carbocycles. The fourth-order valence-electron chi connectivity index (χ4n) is 1.90. The number of hydrogen-bond donors (Lipinski definition) is 0. The first-order valence-corrected chi connectivity index (χ1v) is 5.73. The number of hydrogen-bond acceptors (Lipinski definition) is 4. The maximum absolute atomic E-state index is 11.7. The minimum Gasteiger partial charge on any atom is -0.494 e. The topological polar surface area (TPSA) is 72.7 Å². The van der Waals surface area contributed by atoms with E-state index in [1.54, 1.807) is 0 Å². The number of anilines is 1. The summed E-state index contributed by atoms with van der Waals surface area (Å²) in [5.74, 6) is 0.186. The summed E-state index contributed by atoms with van der Waals surface area (Å²) in [6.07, 6.45) is 0.266. The van der Waals surface area contributed by atoms with Gasteiger partial charge in [-0.1, -0.05) is 0 Å². The van der Waals surface area contributed by atoms with E-state index in [2.05, 4.69) is 0 Å². The molecule has 2 rings (SSSR count). The summed E-state index contributed by atoms with van der Waals surface area (Å²) in [6, 6.07) is 4.14. The highest BCUT2D eigenvalue weighted by atomic mass is 35.5. The van der Waals surface area contributed by atoms with E-state index in [1.807, 2.05) is 0 Å². The molecule has 1 unspecified atom stereocenters. The molecule has 1 fully saturated rings. The van der Waals surface area contributed by atoms with Gasteiger partial charge in [0.1, 0.15) is 5.75 Å². The van der Waals surface area contributed by atoms with Crippen LogP contribution in [0.15, 0.2) is 18.2 Å². The average Bonchev–Trinajstić information content (AvgIpc) is 2.67. The number of nitrogens with zero attached hydrogens (tertiary/aromatic N) is 2. The quantitative estimate of drug-likeness (QED) is 0.478. The van der Waals surface area contributed by atoms with E-state index in [4.69, 9.17) is 16.3 Å². The van der Waals surface area contributed by atoms with Crippen molar-refractivity contribution in [1.29, 1.82) is 0 Å². The highest BCUT2D eigenvalue weighted by Crippen LogP contribution is 2.35. The maximum Gasteiger partial charge on any atom is 0.273 e. The summed E-state index contributed by atoms with van der Waals surface area (Å²) in [4.78, 5) is 23.4. The van der Waals surface area contributed by atoms with Gasteiger partial charge < -0.3 is 9.64 Å². The number of nitro groups is 1. The van der Waals surface area contributed by atoms with Crippen LogP contribution >= 0.6 is 11.6 Å². The predicted octanol–water partition coefficient (Wildman–Crippen LogP) is 1.95. The molecule has 1 saturated heterocycles. The van der Waals surface area contributed by atoms with E-state index in [0.29, 0.717) is 18.0 Å². The Morgan fingerprint density at radius 3 is 2.78 bits per heavy atom. The molecule has 1 heterocycles. The maximum atomic E-state index is 11.7. The van der Waals surface area contributed by atoms with Crippen LogP contribution in [0, 0.1) is 10.1 Å². The van der Waals surface area contributed by atoms with Crippen LogP contribution in [-0.2, 0) is 4.79 Å². The standard InChI is InChI=1S/C11H11ClN2O4/c1-18-10-5-8(14(16)17)2-3-9(10)13-6-7(12)4-11(13)15/h2-3,5,7H,4,6H2,1H3. The molecule has 0 saturated carbocycles. The largest absolute Gasteiger partial charge is 0.494 e. The van der Waals surface area contributed by atoms with Crippen LogP contribution in [0.2, 0.25) is 0 Å². The summed E-state index contributed by atoms with van der Waals surface area (Å²) in [5.41, 5.74) is 0.431. The third-order valence-electron chi connectivity index (χ3n) is 2.74. The van der Waals surface area contributed by atoms with Crippen molar-refractivity contribution in [3.63, 3.8) is 0 Å². The Labute approximate surface area is 108 Å². The van der Waals surface area contributed by atoms with Crippen molar-refractivity contribution in [2.24, 2.45) is 0 Å². The molecule has 0 aromatic heterocycles. The van der Waals surface area contributed by atoms with Crippen molar-refractivity contribution in [3.05, 3.63) is 28.3 Å². The Hall–Kier alpha value is -1.82.